The molecule has 0 radical (unpaired) electrons. The van der Waals surface area contributed by atoms with Crippen molar-refractivity contribution in [3.05, 3.63) is 16.8 Å². The SMILES string of the molecule is CCc1nnc(NCCCN2CCCCC2)c(C#N)c1CC. The minimum Gasteiger partial charge on any atom is -0.367 e. The highest BCUT2D eigenvalue weighted by molar-refractivity contribution is 5.56. The molecule has 1 fully saturated rings. The Morgan fingerprint density at radius 3 is 2.55 bits per heavy atom. The average molecular weight is 301 g/mol. The van der Waals surface area contributed by atoms with Crippen molar-refractivity contribution in [2.24, 2.45) is 0 Å². The zero-order chi connectivity index (χ0) is 15.8. The maximum atomic E-state index is 9.44. The van der Waals surface area contributed by atoms with Gasteiger partial charge in [0.15, 0.2) is 5.82 Å². The first-order chi connectivity index (χ1) is 10.8. The summed E-state index contributed by atoms with van der Waals surface area (Å²) in [7, 11) is 0. The van der Waals surface area contributed by atoms with Crippen molar-refractivity contribution < 1.29 is 0 Å². The van der Waals surface area contributed by atoms with E-state index in [1.54, 1.807) is 0 Å². The zero-order valence-electron chi connectivity index (χ0n) is 13.9. The maximum absolute atomic E-state index is 9.44. The van der Waals surface area contributed by atoms with E-state index in [2.05, 4.69) is 40.3 Å². The van der Waals surface area contributed by atoms with E-state index < -0.39 is 0 Å². The Balaban J connectivity index is 1.90. The van der Waals surface area contributed by atoms with Gasteiger partial charge in [0.05, 0.1) is 5.69 Å². The molecule has 22 heavy (non-hydrogen) atoms. The quantitative estimate of drug-likeness (QED) is 0.785. The summed E-state index contributed by atoms with van der Waals surface area (Å²) < 4.78 is 0. The smallest absolute Gasteiger partial charge is 0.166 e. The third-order valence-corrected chi connectivity index (χ3v) is 4.35. The van der Waals surface area contributed by atoms with Crippen molar-refractivity contribution in [2.45, 2.75) is 52.4 Å². The molecule has 0 atom stereocenters. The van der Waals surface area contributed by atoms with Crippen molar-refractivity contribution in [1.82, 2.24) is 15.1 Å². The number of nitriles is 1. The fourth-order valence-corrected chi connectivity index (χ4v) is 3.11. The van der Waals surface area contributed by atoms with E-state index in [4.69, 9.17) is 0 Å². The van der Waals surface area contributed by atoms with E-state index in [9.17, 15) is 5.26 Å². The van der Waals surface area contributed by atoms with Gasteiger partial charge >= 0.3 is 0 Å². The summed E-state index contributed by atoms with van der Waals surface area (Å²) in [6.45, 7) is 8.54. The maximum Gasteiger partial charge on any atom is 0.166 e. The van der Waals surface area contributed by atoms with Crippen LogP contribution in [0.3, 0.4) is 0 Å². The summed E-state index contributed by atoms with van der Waals surface area (Å²) >= 11 is 0. The van der Waals surface area contributed by atoms with Gasteiger partial charge in [-0.1, -0.05) is 20.3 Å². The Bertz CT molecular complexity index is 515. The Kier molecular flexibility index (Phi) is 6.60. The molecular weight excluding hydrogens is 274 g/mol. The van der Waals surface area contributed by atoms with E-state index in [1.807, 2.05) is 0 Å². The van der Waals surface area contributed by atoms with Gasteiger partial charge in [0.25, 0.3) is 0 Å². The van der Waals surface area contributed by atoms with Crippen LogP contribution in [-0.2, 0) is 12.8 Å². The lowest BCUT2D eigenvalue weighted by Gasteiger charge is -2.26. The molecule has 0 amide bonds. The van der Waals surface area contributed by atoms with Crippen LogP contribution in [0.25, 0.3) is 0 Å². The predicted molar refractivity (Wildman–Crippen MR) is 88.9 cm³/mol. The van der Waals surface area contributed by atoms with E-state index in [1.165, 1.54) is 32.4 Å². The molecule has 1 aliphatic heterocycles. The van der Waals surface area contributed by atoms with Gasteiger partial charge in [-0.3, -0.25) is 0 Å². The molecule has 0 saturated carbocycles. The fraction of sp³-hybridized carbons (Fsp3) is 0.706. The largest absolute Gasteiger partial charge is 0.367 e. The van der Waals surface area contributed by atoms with Gasteiger partial charge in [-0.25, -0.2) is 0 Å². The summed E-state index contributed by atoms with van der Waals surface area (Å²) in [5.41, 5.74) is 2.66. The van der Waals surface area contributed by atoms with Gasteiger partial charge < -0.3 is 10.2 Å². The fourth-order valence-electron chi connectivity index (χ4n) is 3.11. The lowest BCUT2D eigenvalue weighted by molar-refractivity contribution is 0.228. The number of rotatable bonds is 7. The first-order valence-electron chi connectivity index (χ1n) is 8.54. The topological polar surface area (TPSA) is 64.8 Å². The Labute approximate surface area is 133 Å². The van der Waals surface area contributed by atoms with Crippen molar-refractivity contribution >= 4 is 5.82 Å². The van der Waals surface area contributed by atoms with Gasteiger partial charge in [0.2, 0.25) is 0 Å². The van der Waals surface area contributed by atoms with Gasteiger partial charge in [0, 0.05) is 6.54 Å². The molecule has 5 nitrogen and oxygen atoms in total. The number of anilines is 1. The molecule has 0 bridgehead atoms. The number of hydrogen-bond donors (Lipinski definition) is 1. The van der Waals surface area contributed by atoms with Crippen LogP contribution in [0.4, 0.5) is 5.82 Å². The van der Waals surface area contributed by atoms with Crippen molar-refractivity contribution in [1.29, 1.82) is 5.26 Å². The molecule has 1 N–H and O–H groups in total. The van der Waals surface area contributed by atoms with E-state index in [0.717, 1.165) is 43.6 Å². The van der Waals surface area contributed by atoms with Crippen molar-refractivity contribution in [3.63, 3.8) is 0 Å². The molecule has 0 spiro atoms. The third kappa shape index (κ3) is 4.17. The molecule has 5 heteroatoms. The molecule has 1 aliphatic rings. The van der Waals surface area contributed by atoms with Gasteiger partial charge in [0.1, 0.15) is 11.6 Å². The molecule has 2 rings (SSSR count). The summed E-state index contributed by atoms with van der Waals surface area (Å²) in [6.07, 6.45) is 6.75. The Morgan fingerprint density at radius 1 is 1.14 bits per heavy atom. The number of nitrogens with zero attached hydrogens (tertiary/aromatic N) is 4. The number of hydrogen-bond acceptors (Lipinski definition) is 5. The van der Waals surface area contributed by atoms with E-state index in [0.29, 0.717) is 11.4 Å². The van der Waals surface area contributed by atoms with Crippen LogP contribution >= 0.6 is 0 Å². The van der Waals surface area contributed by atoms with Crippen LogP contribution in [0.15, 0.2) is 0 Å². The van der Waals surface area contributed by atoms with Gasteiger partial charge in [-0.15, -0.1) is 5.10 Å². The number of nitrogens with one attached hydrogen (secondary N) is 1. The highest BCUT2D eigenvalue weighted by Gasteiger charge is 2.14. The second-order valence-corrected chi connectivity index (χ2v) is 5.85. The first-order valence-corrected chi connectivity index (χ1v) is 8.54. The van der Waals surface area contributed by atoms with E-state index >= 15 is 0 Å². The summed E-state index contributed by atoms with van der Waals surface area (Å²) in [5, 5.41) is 21.2. The first kappa shape index (κ1) is 16.7. The lowest BCUT2D eigenvalue weighted by atomic mass is 10.0. The lowest BCUT2D eigenvalue weighted by Crippen LogP contribution is -2.31. The zero-order valence-corrected chi connectivity index (χ0v) is 13.9. The molecule has 0 unspecified atom stereocenters. The van der Waals surface area contributed by atoms with Gasteiger partial charge in [-0.2, -0.15) is 10.4 Å². The van der Waals surface area contributed by atoms with Crippen LogP contribution in [0.2, 0.25) is 0 Å². The second-order valence-electron chi connectivity index (χ2n) is 5.85. The summed E-state index contributed by atoms with van der Waals surface area (Å²) in [6, 6.07) is 2.30. The molecule has 0 aliphatic carbocycles. The number of aromatic nitrogens is 2. The molecular formula is C17H27N5. The molecule has 0 aromatic carbocycles. The Hall–Kier alpha value is -1.67. The van der Waals surface area contributed by atoms with E-state index in [-0.39, 0.29) is 0 Å². The van der Waals surface area contributed by atoms with Crippen molar-refractivity contribution in [3.8, 4) is 6.07 Å². The predicted octanol–water partition coefficient (Wildman–Crippen LogP) is 2.76. The highest BCUT2D eigenvalue weighted by atomic mass is 15.2. The third-order valence-electron chi connectivity index (χ3n) is 4.35. The van der Waals surface area contributed by atoms with Gasteiger partial charge in [-0.05, 0) is 57.3 Å². The second kappa shape index (κ2) is 8.70. The minimum absolute atomic E-state index is 0.648. The van der Waals surface area contributed by atoms with Crippen LogP contribution in [-0.4, -0.2) is 41.3 Å². The van der Waals surface area contributed by atoms with Crippen LogP contribution < -0.4 is 5.32 Å². The average Bonchev–Trinajstić information content (AvgIpc) is 2.58. The van der Waals surface area contributed by atoms with Crippen molar-refractivity contribution in [2.75, 3.05) is 31.5 Å². The number of piperidine rings is 1. The Morgan fingerprint density at radius 2 is 1.91 bits per heavy atom. The van der Waals surface area contributed by atoms with Crippen LogP contribution in [0.1, 0.15) is 56.4 Å². The van der Waals surface area contributed by atoms with Crippen LogP contribution in [0.5, 0.6) is 0 Å². The molecule has 2 heterocycles. The normalized spacial score (nSPS) is 15.5. The number of likely N-dealkylation sites (tertiary alicyclic amines) is 1. The highest BCUT2D eigenvalue weighted by Crippen LogP contribution is 2.19. The molecule has 1 saturated heterocycles. The molecule has 1 aromatic rings. The summed E-state index contributed by atoms with van der Waals surface area (Å²) in [5.74, 6) is 0.648. The molecule has 1 aromatic heterocycles. The van der Waals surface area contributed by atoms with Crippen LogP contribution in [0, 0.1) is 11.3 Å². The monoisotopic (exact) mass is 301 g/mol. The molecule has 120 valence electrons. The minimum atomic E-state index is 0.648. The summed E-state index contributed by atoms with van der Waals surface area (Å²) in [4.78, 5) is 2.53. The standard InChI is InChI=1S/C17H27N5/c1-3-14-15(13-18)17(21-20-16(14)4-2)19-9-8-12-22-10-6-5-7-11-22/h3-12H2,1-2H3,(H,19,21). The number of aryl methyl sites for hydroxylation is 1.